The number of nitrogens with zero attached hydrogens (tertiary/aromatic N) is 4. The summed E-state index contributed by atoms with van der Waals surface area (Å²) < 4.78 is 129. The van der Waals surface area contributed by atoms with Crippen LogP contribution < -0.4 is 0 Å². The quantitative estimate of drug-likeness (QED) is 0.163. The zero-order chi connectivity index (χ0) is 40.3. The largest absolute Gasteiger partial charge is 0.417 e. The van der Waals surface area contributed by atoms with Gasteiger partial charge in [0.2, 0.25) is 0 Å². The maximum absolute atomic E-state index is 14.3. The fourth-order valence-electron chi connectivity index (χ4n) is 6.87. The van der Waals surface area contributed by atoms with Gasteiger partial charge >= 0.3 is 18.5 Å². The molecule has 0 N–H and O–H groups in total. The lowest BCUT2D eigenvalue weighted by Gasteiger charge is -2.18. The molecule has 13 heteroatoms. The molecule has 0 aliphatic carbocycles. The van der Waals surface area contributed by atoms with Gasteiger partial charge in [0, 0.05) is 22.3 Å². The SMILES string of the molecule is Cc1ccccc1-c1nc2ccc(-c3ccc4nc(-c5ccccc5C(F)(F)F)c(-c5ccccc5C(F)(F)F)nc4c3)cc2nc1-c1ccccc1C(F)(F)F. The van der Waals surface area contributed by atoms with Gasteiger partial charge in [-0.3, -0.25) is 0 Å². The Bertz CT molecular complexity index is 2840. The van der Waals surface area contributed by atoms with Crippen LogP contribution in [0.3, 0.4) is 0 Å². The lowest BCUT2D eigenvalue weighted by atomic mass is 9.95. The van der Waals surface area contributed by atoms with E-state index in [0.29, 0.717) is 22.2 Å². The lowest BCUT2D eigenvalue weighted by molar-refractivity contribution is -0.138. The van der Waals surface area contributed by atoms with E-state index in [1.165, 1.54) is 54.6 Å². The van der Waals surface area contributed by atoms with Crippen LogP contribution in [0, 0.1) is 6.92 Å². The van der Waals surface area contributed by atoms with Gasteiger partial charge in [0.15, 0.2) is 0 Å². The van der Waals surface area contributed by atoms with Gasteiger partial charge in [0.25, 0.3) is 0 Å². The minimum atomic E-state index is -4.87. The Hall–Kier alpha value is -6.63. The molecule has 4 nitrogen and oxygen atoms in total. The highest BCUT2D eigenvalue weighted by Crippen LogP contribution is 2.44. The molecule has 0 saturated carbocycles. The summed E-state index contributed by atoms with van der Waals surface area (Å²) in [5.41, 5.74) is -1.57. The number of hydrogen-bond acceptors (Lipinski definition) is 4. The van der Waals surface area contributed by atoms with Crippen LogP contribution in [0.15, 0.2) is 133 Å². The smallest absolute Gasteiger partial charge is 0.244 e. The van der Waals surface area contributed by atoms with Crippen molar-refractivity contribution in [3.63, 3.8) is 0 Å². The third-order valence-electron chi connectivity index (χ3n) is 9.52. The Labute approximate surface area is 318 Å². The Morgan fingerprint density at radius 3 is 0.982 bits per heavy atom. The van der Waals surface area contributed by atoms with E-state index in [0.717, 1.165) is 35.9 Å². The molecule has 2 aromatic heterocycles. The number of aryl methyl sites for hydroxylation is 1. The van der Waals surface area contributed by atoms with Gasteiger partial charge in [-0.15, -0.1) is 0 Å². The van der Waals surface area contributed by atoms with Crippen LogP contribution >= 0.6 is 0 Å². The number of fused-ring (bicyclic) bond motifs is 2. The van der Waals surface area contributed by atoms with Crippen LogP contribution in [0.25, 0.3) is 78.2 Å². The summed E-state index contributed by atoms with van der Waals surface area (Å²) in [4.78, 5) is 18.6. The highest BCUT2D eigenvalue weighted by Gasteiger charge is 2.38. The number of halogens is 9. The average molecular weight is 781 g/mol. The van der Waals surface area contributed by atoms with Crippen LogP contribution in [0.2, 0.25) is 0 Å². The number of rotatable bonds is 5. The third kappa shape index (κ3) is 7.05. The maximum atomic E-state index is 14.3. The topological polar surface area (TPSA) is 51.6 Å². The molecule has 0 spiro atoms. The molecule has 8 aromatic rings. The van der Waals surface area contributed by atoms with Gasteiger partial charge in [-0.2, -0.15) is 39.5 Å². The second-order valence-electron chi connectivity index (χ2n) is 13.2. The third-order valence-corrected chi connectivity index (χ3v) is 9.52. The van der Waals surface area contributed by atoms with Crippen molar-refractivity contribution in [2.45, 2.75) is 25.5 Å². The minimum absolute atomic E-state index is 0.00546. The van der Waals surface area contributed by atoms with Crippen molar-refractivity contribution >= 4 is 22.1 Å². The Morgan fingerprint density at radius 1 is 0.333 bits per heavy atom. The van der Waals surface area contributed by atoms with Crippen molar-refractivity contribution in [3.05, 3.63) is 156 Å². The molecule has 0 atom stereocenters. The minimum Gasteiger partial charge on any atom is -0.244 e. The Morgan fingerprint density at radius 2 is 0.632 bits per heavy atom. The van der Waals surface area contributed by atoms with Crippen molar-refractivity contribution in [1.82, 2.24) is 19.9 Å². The van der Waals surface area contributed by atoms with E-state index >= 15 is 0 Å². The maximum Gasteiger partial charge on any atom is 0.417 e. The molecular formula is C44H25F9N4. The first kappa shape index (κ1) is 37.3. The van der Waals surface area contributed by atoms with Gasteiger partial charge < -0.3 is 0 Å². The van der Waals surface area contributed by atoms with Crippen LogP contribution in [-0.2, 0) is 18.5 Å². The van der Waals surface area contributed by atoms with Crippen LogP contribution in [0.4, 0.5) is 39.5 Å². The fourth-order valence-corrected chi connectivity index (χ4v) is 6.87. The first-order valence-corrected chi connectivity index (χ1v) is 17.3. The summed E-state index contributed by atoms with van der Waals surface area (Å²) in [5, 5.41) is 0. The molecule has 6 aromatic carbocycles. The summed E-state index contributed by atoms with van der Waals surface area (Å²) in [7, 11) is 0. The normalized spacial score (nSPS) is 12.4. The molecule has 8 rings (SSSR count). The fraction of sp³-hybridized carbons (Fsp3) is 0.0909. The zero-order valence-corrected chi connectivity index (χ0v) is 29.4. The Balaban J connectivity index is 1.33. The zero-order valence-electron chi connectivity index (χ0n) is 29.4. The van der Waals surface area contributed by atoms with Gasteiger partial charge in [-0.25, -0.2) is 19.9 Å². The predicted octanol–water partition coefficient (Wildman–Crippen LogP) is 13.3. The van der Waals surface area contributed by atoms with E-state index in [2.05, 4.69) is 9.97 Å². The van der Waals surface area contributed by atoms with Gasteiger partial charge in [-0.05, 0) is 66.1 Å². The molecule has 0 bridgehead atoms. The highest BCUT2D eigenvalue weighted by atomic mass is 19.4. The van der Waals surface area contributed by atoms with E-state index in [1.54, 1.807) is 42.5 Å². The van der Waals surface area contributed by atoms with E-state index in [-0.39, 0.29) is 33.5 Å². The standard InChI is InChI=1S/C44H25F9N4/c1-24-10-2-3-11-27(24)38-39(28-12-4-7-15-31(28)42(45,46)47)56-36-22-25(18-20-34(36)54-38)26-19-21-35-37(23-26)57-41(30-14-6-9-17-33(30)44(51,52)53)40(55-35)29-13-5-8-16-32(29)43(48,49)50/h2-23H,1H3. The number of hydrogen-bond donors (Lipinski definition) is 0. The van der Waals surface area contributed by atoms with Crippen molar-refractivity contribution in [2.75, 3.05) is 0 Å². The summed E-state index contributed by atoms with van der Waals surface area (Å²) in [6, 6.07) is 30.7. The molecule has 0 aliphatic heterocycles. The highest BCUT2D eigenvalue weighted by molar-refractivity contribution is 5.93. The second-order valence-corrected chi connectivity index (χ2v) is 13.2. The van der Waals surface area contributed by atoms with E-state index in [1.807, 2.05) is 13.0 Å². The van der Waals surface area contributed by atoms with Gasteiger partial charge in [0.1, 0.15) is 0 Å². The molecule has 0 aliphatic rings. The molecule has 284 valence electrons. The van der Waals surface area contributed by atoms with Crippen molar-refractivity contribution in [2.24, 2.45) is 0 Å². The lowest BCUT2D eigenvalue weighted by Crippen LogP contribution is -2.10. The number of alkyl halides is 9. The molecule has 0 saturated heterocycles. The number of aromatic nitrogens is 4. The molecule has 57 heavy (non-hydrogen) atoms. The number of benzene rings is 6. The molecule has 0 fully saturated rings. The van der Waals surface area contributed by atoms with Crippen LogP contribution in [0.5, 0.6) is 0 Å². The summed E-state index contributed by atoms with van der Waals surface area (Å²) in [5.74, 6) is 0. The average Bonchev–Trinajstić information content (AvgIpc) is 3.18. The first-order valence-electron chi connectivity index (χ1n) is 17.3. The molecule has 0 radical (unpaired) electrons. The van der Waals surface area contributed by atoms with Crippen molar-refractivity contribution < 1.29 is 39.5 Å². The van der Waals surface area contributed by atoms with Crippen molar-refractivity contribution in [1.29, 1.82) is 0 Å². The van der Waals surface area contributed by atoms with E-state index in [9.17, 15) is 39.5 Å². The molecule has 0 unspecified atom stereocenters. The molecular weight excluding hydrogens is 755 g/mol. The summed E-state index contributed by atoms with van der Waals surface area (Å²) in [6.45, 7) is 1.82. The van der Waals surface area contributed by atoms with Gasteiger partial charge in [-0.1, -0.05) is 91.0 Å². The predicted molar refractivity (Wildman–Crippen MR) is 200 cm³/mol. The monoisotopic (exact) mass is 780 g/mol. The molecule has 0 amide bonds. The summed E-state index contributed by atoms with van der Waals surface area (Å²) in [6.07, 6.45) is -14.4. The first-order chi connectivity index (χ1) is 27.1. The van der Waals surface area contributed by atoms with Crippen LogP contribution in [-0.4, -0.2) is 19.9 Å². The van der Waals surface area contributed by atoms with E-state index < -0.39 is 57.7 Å². The Kier molecular flexibility index (Phi) is 9.05. The van der Waals surface area contributed by atoms with Gasteiger partial charge in [0.05, 0.1) is 61.5 Å². The van der Waals surface area contributed by atoms with Crippen LogP contribution in [0.1, 0.15) is 22.3 Å². The van der Waals surface area contributed by atoms with Crippen molar-refractivity contribution in [3.8, 4) is 56.2 Å². The van der Waals surface area contributed by atoms with E-state index in [4.69, 9.17) is 9.97 Å². The molecule has 2 heterocycles. The second kappa shape index (κ2) is 13.8. The summed E-state index contributed by atoms with van der Waals surface area (Å²) >= 11 is 0.